The third kappa shape index (κ3) is 4.83. The van der Waals surface area contributed by atoms with Gasteiger partial charge in [0.1, 0.15) is 0 Å². The van der Waals surface area contributed by atoms with Crippen LogP contribution in [-0.2, 0) is 10.8 Å². The second kappa shape index (κ2) is 5.75. The zero-order chi connectivity index (χ0) is 11.3. The molecule has 1 heterocycles. The highest BCUT2D eigenvalue weighted by Crippen LogP contribution is 2.03. The van der Waals surface area contributed by atoms with Gasteiger partial charge in [0.05, 0.1) is 12.4 Å². The summed E-state index contributed by atoms with van der Waals surface area (Å²) in [6, 6.07) is 0.124. The van der Waals surface area contributed by atoms with Crippen LogP contribution < -0.4 is 5.32 Å². The van der Waals surface area contributed by atoms with E-state index in [1.54, 1.807) is 6.26 Å². The Balaban J connectivity index is 2.40. The normalized spacial score (nSPS) is 14.6. The predicted molar refractivity (Wildman–Crippen MR) is 58.6 cm³/mol. The van der Waals surface area contributed by atoms with Gasteiger partial charge in [0, 0.05) is 28.9 Å². The fourth-order valence-corrected chi connectivity index (χ4v) is 1.71. The van der Waals surface area contributed by atoms with E-state index in [2.05, 4.69) is 15.3 Å². The Morgan fingerprint density at radius 2 is 2.13 bits per heavy atom. The molecule has 1 aromatic heterocycles. The van der Waals surface area contributed by atoms with Crippen LogP contribution in [-0.4, -0.2) is 32.2 Å². The second-order valence-corrected chi connectivity index (χ2v) is 4.89. The largest absolute Gasteiger partial charge is 0.352 e. The number of anilines is 1. The van der Waals surface area contributed by atoms with Gasteiger partial charge in [-0.25, -0.2) is 14.4 Å². The van der Waals surface area contributed by atoms with E-state index in [1.165, 1.54) is 0 Å². The molecule has 0 radical (unpaired) electrons. The maximum absolute atomic E-state index is 12.5. The summed E-state index contributed by atoms with van der Waals surface area (Å²) < 4.78 is 23.3. The first-order valence-electron chi connectivity index (χ1n) is 4.62. The van der Waals surface area contributed by atoms with Gasteiger partial charge in [-0.15, -0.1) is 0 Å². The standard InChI is InChI=1S/C9H14FN3OS/c1-7(3-4-15(2)14)13-9-11-5-8(10)6-12-9/h5-7H,3-4H2,1-2H3,(H,11,12,13). The van der Waals surface area contributed by atoms with Crippen LogP contribution in [0.25, 0.3) is 0 Å². The molecule has 0 aliphatic carbocycles. The summed E-state index contributed by atoms with van der Waals surface area (Å²) in [4.78, 5) is 7.54. The van der Waals surface area contributed by atoms with Gasteiger partial charge < -0.3 is 5.32 Å². The molecule has 0 saturated heterocycles. The average Bonchev–Trinajstić information content (AvgIpc) is 2.19. The maximum atomic E-state index is 12.5. The van der Waals surface area contributed by atoms with Crippen LogP contribution >= 0.6 is 0 Å². The zero-order valence-electron chi connectivity index (χ0n) is 8.74. The van der Waals surface area contributed by atoms with E-state index in [1.807, 2.05) is 6.92 Å². The van der Waals surface area contributed by atoms with Crippen molar-refractivity contribution < 1.29 is 8.60 Å². The molecule has 15 heavy (non-hydrogen) atoms. The van der Waals surface area contributed by atoms with Crippen molar-refractivity contribution in [1.82, 2.24) is 9.97 Å². The van der Waals surface area contributed by atoms with Gasteiger partial charge in [0.2, 0.25) is 5.95 Å². The van der Waals surface area contributed by atoms with Crippen molar-refractivity contribution in [3.05, 3.63) is 18.2 Å². The van der Waals surface area contributed by atoms with Crippen LogP contribution in [0, 0.1) is 5.82 Å². The molecular formula is C9H14FN3OS. The molecule has 0 aliphatic rings. The Kier molecular flexibility index (Phi) is 4.61. The minimum atomic E-state index is -0.789. The third-order valence-corrected chi connectivity index (χ3v) is 2.64. The van der Waals surface area contributed by atoms with Crippen molar-refractivity contribution in [2.45, 2.75) is 19.4 Å². The molecule has 0 amide bonds. The van der Waals surface area contributed by atoms with Crippen LogP contribution in [0.15, 0.2) is 12.4 Å². The predicted octanol–water partition coefficient (Wildman–Crippen LogP) is 1.18. The van der Waals surface area contributed by atoms with Gasteiger partial charge >= 0.3 is 0 Å². The topological polar surface area (TPSA) is 54.9 Å². The molecule has 4 nitrogen and oxygen atoms in total. The molecule has 0 aromatic carbocycles. The first kappa shape index (κ1) is 12.0. The third-order valence-electron chi connectivity index (χ3n) is 1.83. The van der Waals surface area contributed by atoms with E-state index >= 15 is 0 Å². The van der Waals surface area contributed by atoms with Gasteiger partial charge in [0.25, 0.3) is 0 Å². The highest BCUT2D eigenvalue weighted by atomic mass is 32.2. The summed E-state index contributed by atoms with van der Waals surface area (Å²) >= 11 is 0. The Bertz CT molecular complexity index is 331. The lowest BCUT2D eigenvalue weighted by molar-refractivity contribution is 0.613. The molecular weight excluding hydrogens is 217 g/mol. The molecule has 0 bridgehead atoms. The lowest BCUT2D eigenvalue weighted by Gasteiger charge is -2.12. The molecule has 0 spiro atoms. The number of hydrogen-bond acceptors (Lipinski definition) is 4. The van der Waals surface area contributed by atoms with E-state index in [0.717, 1.165) is 18.8 Å². The van der Waals surface area contributed by atoms with E-state index < -0.39 is 16.6 Å². The number of rotatable bonds is 5. The number of nitrogens with one attached hydrogen (secondary N) is 1. The monoisotopic (exact) mass is 231 g/mol. The van der Waals surface area contributed by atoms with E-state index in [4.69, 9.17) is 0 Å². The fourth-order valence-electron chi connectivity index (χ4n) is 1.02. The van der Waals surface area contributed by atoms with Crippen molar-refractivity contribution in [3.8, 4) is 0 Å². The van der Waals surface area contributed by atoms with Crippen molar-refractivity contribution >= 4 is 16.7 Å². The summed E-state index contributed by atoms with van der Waals surface area (Å²) in [5, 5.41) is 3.00. The molecule has 1 N–H and O–H groups in total. The minimum absolute atomic E-state index is 0.124. The quantitative estimate of drug-likeness (QED) is 0.827. The van der Waals surface area contributed by atoms with Gasteiger partial charge in [-0.1, -0.05) is 0 Å². The van der Waals surface area contributed by atoms with Gasteiger partial charge in [-0.05, 0) is 13.3 Å². The Morgan fingerprint density at radius 1 is 1.53 bits per heavy atom. The maximum Gasteiger partial charge on any atom is 0.222 e. The Labute approximate surface area is 90.8 Å². The summed E-state index contributed by atoms with van der Waals surface area (Å²) in [6.07, 6.45) is 4.66. The smallest absolute Gasteiger partial charge is 0.222 e. The van der Waals surface area contributed by atoms with Gasteiger partial charge in [-0.2, -0.15) is 0 Å². The summed E-state index contributed by atoms with van der Waals surface area (Å²) in [7, 11) is -0.789. The molecule has 84 valence electrons. The lowest BCUT2D eigenvalue weighted by Crippen LogP contribution is -2.19. The average molecular weight is 231 g/mol. The van der Waals surface area contributed by atoms with E-state index in [0.29, 0.717) is 11.7 Å². The van der Waals surface area contributed by atoms with Crippen molar-refractivity contribution in [2.75, 3.05) is 17.3 Å². The number of hydrogen-bond donors (Lipinski definition) is 1. The molecule has 1 rings (SSSR count). The number of halogens is 1. The molecule has 0 fully saturated rings. The van der Waals surface area contributed by atoms with Crippen LogP contribution in [0.1, 0.15) is 13.3 Å². The first-order valence-corrected chi connectivity index (χ1v) is 6.34. The lowest BCUT2D eigenvalue weighted by atomic mass is 10.3. The molecule has 2 atom stereocenters. The number of nitrogens with zero attached hydrogens (tertiary/aromatic N) is 2. The Hall–Kier alpha value is -1.04. The summed E-state index contributed by atoms with van der Waals surface area (Å²) in [6.45, 7) is 1.94. The van der Waals surface area contributed by atoms with Crippen molar-refractivity contribution in [2.24, 2.45) is 0 Å². The summed E-state index contributed by atoms with van der Waals surface area (Å²) in [5.41, 5.74) is 0. The van der Waals surface area contributed by atoms with Crippen LogP contribution in [0.2, 0.25) is 0 Å². The van der Waals surface area contributed by atoms with Crippen molar-refractivity contribution in [1.29, 1.82) is 0 Å². The highest BCUT2D eigenvalue weighted by Gasteiger charge is 2.04. The van der Waals surface area contributed by atoms with E-state index in [-0.39, 0.29) is 6.04 Å². The molecule has 2 unspecified atom stereocenters. The van der Waals surface area contributed by atoms with Crippen LogP contribution in [0.5, 0.6) is 0 Å². The second-order valence-electron chi connectivity index (χ2n) is 3.34. The Morgan fingerprint density at radius 3 is 2.67 bits per heavy atom. The van der Waals surface area contributed by atoms with Crippen LogP contribution in [0.3, 0.4) is 0 Å². The molecule has 6 heteroatoms. The SMILES string of the molecule is CC(CCS(C)=O)Nc1ncc(F)cn1. The highest BCUT2D eigenvalue weighted by molar-refractivity contribution is 7.84. The van der Waals surface area contributed by atoms with Gasteiger partial charge in [-0.3, -0.25) is 4.21 Å². The fraction of sp³-hybridized carbons (Fsp3) is 0.556. The molecule has 1 aromatic rings. The first-order chi connectivity index (χ1) is 7.08. The van der Waals surface area contributed by atoms with Gasteiger partial charge in [0.15, 0.2) is 5.82 Å². The minimum Gasteiger partial charge on any atom is -0.352 e. The molecule has 0 aliphatic heterocycles. The van der Waals surface area contributed by atoms with Crippen molar-refractivity contribution in [3.63, 3.8) is 0 Å². The van der Waals surface area contributed by atoms with Crippen LogP contribution in [0.4, 0.5) is 10.3 Å². The number of aromatic nitrogens is 2. The zero-order valence-corrected chi connectivity index (χ0v) is 9.55. The summed E-state index contributed by atoms with van der Waals surface area (Å²) in [5.74, 6) is 0.573. The molecule has 0 saturated carbocycles. The van der Waals surface area contributed by atoms with E-state index in [9.17, 15) is 8.60 Å².